The maximum Gasteiger partial charge on any atom is 0.225 e. The molecule has 3 heterocycles. The van der Waals surface area contributed by atoms with Crippen molar-refractivity contribution < 1.29 is 4.79 Å². The lowest BCUT2D eigenvalue weighted by molar-refractivity contribution is -0.126. The van der Waals surface area contributed by atoms with Crippen molar-refractivity contribution in [2.75, 3.05) is 26.2 Å². The highest BCUT2D eigenvalue weighted by atomic mass is 35.5. The highest BCUT2D eigenvalue weighted by Gasteiger charge is 2.28. The molecule has 1 fully saturated rings. The quantitative estimate of drug-likeness (QED) is 0.844. The molecule has 1 aromatic heterocycles. The summed E-state index contributed by atoms with van der Waals surface area (Å²) in [6.45, 7) is 4.17. The van der Waals surface area contributed by atoms with Gasteiger partial charge in [-0.3, -0.25) is 9.69 Å². The van der Waals surface area contributed by atoms with E-state index in [9.17, 15) is 4.79 Å². The van der Waals surface area contributed by atoms with E-state index in [4.69, 9.17) is 11.6 Å². The largest absolute Gasteiger partial charge is 0.354 e. The minimum Gasteiger partial charge on any atom is -0.354 e. The molecule has 1 atom stereocenters. The Hall–Kier alpha value is -1.40. The smallest absolute Gasteiger partial charge is 0.225 e. The summed E-state index contributed by atoms with van der Waals surface area (Å²) >= 11 is 7.91. The molecule has 2 aromatic rings. The van der Waals surface area contributed by atoms with Crippen LogP contribution in [0.25, 0.3) is 0 Å². The molecule has 4 rings (SSSR count). The van der Waals surface area contributed by atoms with Crippen LogP contribution in [0.4, 0.5) is 0 Å². The second-order valence-electron chi connectivity index (χ2n) is 6.76. The Balaban J connectivity index is 1.51. The summed E-state index contributed by atoms with van der Waals surface area (Å²) in [5.41, 5.74) is 2.62. The molecule has 25 heavy (non-hydrogen) atoms. The van der Waals surface area contributed by atoms with E-state index >= 15 is 0 Å². The minimum atomic E-state index is 0.121. The van der Waals surface area contributed by atoms with Crippen LogP contribution in [0.3, 0.4) is 0 Å². The van der Waals surface area contributed by atoms with Crippen LogP contribution < -0.4 is 10.6 Å². The third kappa shape index (κ3) is 3.75. The first-order valence-corrected chi connectivity index (χ1v) is 9.99. The number of hydrogen-bond donors (Lipinski definition) is 2. The molecular weight excluding hydrogens is 354 g/mol. The summed E-state index contributed by atoms with van der Waals surface area (Å²) in [6, 6.07) is 10.4. The predicted molar refractivity (Wildman–Crippen MR) is 102 cm³/mol. The molecule has 0 spiro atoms. The van der Waals surface area contributed by atoms with E-state index in [-0.39, 0.29) is 17.9 Å². The van der Waals surface area contributed by atoms with E-state index in [1.54, 1.807) is 0 Å². The summed E-state index contributed by atoms with van der Waals surface area (Å²) < 4.78 is 0. The Morgan fingerprint density at radius 3 is 2.84 bits per heavy atom. The normalized spacial score (nSPS) is 19.1. The molecule has 2 N–H and O–H groups in total. The second-order valence-corrected chi connectivity index (χ2v) is 8.19. The van der Waals surface area contributed by atoms with Gasteiger partial charge in [-0.05, 0) is 41.1 Å². The first-order valence-electron chi connectivity index (χ1n) is 8.74. The number of fused-ring (bicyclic) bond motifs is 1. The van der Waals surface area contributed by atoms with Crippen molar-refractivity contribution >= 4 is 28.8 Å². The van der Waals surface area contributed by atoms with Crippen molar-refractivity contribution in [2.24, 2.45) is 5.92 Å². The molecule has 0 aliphatic carbocycles. The van der Waals surface area contributed by atoms with Gasteiger partial charge in [-0.1, -0.05) is 23.7 Å². The Labute approximate surface area is 157 Å². The van der Waals surface area contributed by atoms with Gasteiger partial charge in [0.2, 0.25) is 5.91 Å². The Morgan fingerprint density at radius 1 is 1.32 bits per heavy atom. The number of benzene rings is 1. The average Bonchev–Trinajstić information content (AvgIpc) is 3.03. The molecule has 1 unspecified atom stereocenters. The van der Waals surface area contributed by atoms with Gasteiger partial charge in [0.05, 0.1) is 12.0 Å². The number of nitrogens with zero attached hydrogens (tertiary/aromatic N) is 1. The van der Waals surface area contributed by atoms with Crippen LogP contribution in [-0.4, -0.2) is 37.0 Å². The number of thiophene rings is 1. The van der Waals surface area contributed by atoms with Gasteiger partial charge in [-0.15, -0.1) is 11.3 Å². The van der Waals surface area contributed by atoms with E-state index in [1.807, 2.05) is 23.5 Å². The summed E-state index contributed by atoms with van der Waals surface area (Å²) in [4.78, 5) is 16.2. The van der Waals surface area contributed by atoms with E-state index in [1.165, 1.54) is 16.0 Å². The van der Waals surface area contributed by atoms with Crippen LogP contribution in [-0.2, 0) is 17.8 Å². The van der Waals surface area contributed by atoms with Gasteiger partial charge in [0, 0.05) is 42.6 Å². The van der Waals surface area contributed by atoms with Crippen molar-refractivity contribution in [1.29, 1.82) is 0 Å². The fraction of sp³-hybridized carbons (Fsp3) is 0.421. The average molecular weight is 376 g/mol. The van der Waals surface area contributed by atoms with Crippen LogP contribution >= 0.6 is 22.9 Å². The van der Waals surface area contributed by atoms with Gasteiger partial charge in [-0.2, -0.15) is 0 Å². The number of rotatable bonds is 5. The van der Waals surface area contributed by atoms with Crippen molar-refractivity contribution in [3.8, 4) is 0 Å². The fourth-order valence-corrected chi connectivity index (χ4v) is 4.51. The van der Waals surface area contributed by atoms with Gasteiger partial charge in [0.1, 0.15) is 0 Å². The first-order chi connectivity index (χ1) is 12.2. The van der Waals surface area contributed by atoms with Gasteiger partial charge < -0.3 is 10.6 Å². The zero-order valence-corrected chi connectivity index (χ0v) is 15.6. The molecule has 0 saturated carbocycles. The van der Waals surface area contributed by atoms with Crippen molar-refractivity contribution in [2.45, 2.75) is 19.0 Å². The summed E-state index contributed by atoms with van der Waals surface area (Å²) in [5, 5.41) is 9.24. The number of hydrogen-bond acceptors (Lipinski definition) is 4. The molecule has 2 aliphatic heterocycles. The standard InChI is InChI=1S/C19H22ClN3OS/c20-16-3-1-13(2-4-16)17(11-22-19(24)15-9-21-10-15)23-7-5-18-14(12-23)6-8-25-18/h1-4,6,8,15,17,21H,5,7,9-12H2,(H,22,24). The van der Waals surface area contributed by atoms with E-state index in [0.717, 1.165) is 37.6 Å². The maximum absolute atomic E-state index is 12.3. The fourth-order valence-electron chi connectivity index (χ4n) is 3.49. The lowest BCUT2D eigenvalue weighted by Crippen LogP contribution is -2.52. The number of carbonyl (C=O) groups is 1. The Bertz CT molecular complexity index is 741. The topological polar surface area (TPSA) is 44.4 Å². The monoisotopic (exact) mass is 375 g/mol. The third-order valence-corrected chi connectivity index (χ3v) is 6.43. The summed E-state index contributed by atoms with van der Waals surface area (Å²) in [6.07, 6.45) is 1.08. The number of nitrogens with one attached hydrogen (secondary N) is 2. The highest BCUT2D eigenvalue weighted by molar-refractivity contribution is 7.10. The van der Waals surface area contributed by atoms with Crippen LogP contribution in [0, 0.1) is 5.92 Å². The molecule has 1 amide bonds. The number of amides is 1. The minimum absolute atomic E-state index is 0.121. The van der Waals surface area contributed by atoms with Crippen molar-refractivity contribution in [3.05, 3.63) is 56.7 Å². The van der Waals surface area contributed by atoms with Crippen LogP contribution in [0.15, 0.2) is 35.7 Å². The lowest BCUT2D eigenvalue weighted by atomic mass is 9.99. The van der Waals surface area contributed by atoms with Gasteiger partial charge in [0.15, 0.2) is 0 Å². The molecule has 4 nitrogen and oxygen atoms in total. The van der Waals surface area contributed by atoms with Gasteiger partial charge in [-0.25, -0.2) is 0 Å². The summed E-state index contributed by atoms with van der Waals surface area (Å²) in [7, 11) is 0. The molecule has 1 saturated heterocycles. The SMILES string of the molecule is O=C(NCC(c1ccc(Cl)cc1)N1CCc2sccc2C1)C1CNC1. The van der Waals surface area contributed by atoms with Crippen LogP contribution in [0.2, 0.25) is 5.02 Å². The van der Waals surface area contributed by atoms with Gasteiger partial charge in [0.25, 0.3) is 0 Å². The lowest BCUT2D eigenvalue weighted by Gasteiger charge is -2.36. The zero-order valence-electron chi connectivity index (χ0n) is 14.0. The summed E-state index contributed by atoms with van der Waals surface area (Å²) in [5.74, 6) is 0.279. The van der Waals surface area contributed by atoms with Crippen LogP contribution in [0.5, 0.6) is 0 Å². The molecular formula is C19H22ClN3OS. The Morgan fingerprint density at radius 2 is 2.12 bits per heavy atom. The first kappa shape index (κ1) is 17.0. The molecule has 132 valence electrons. The maximum atomic E-state index is 12.3. The highest BCUT2D eigenvalue weighted by Crippen LogP contribution is 2.30. The van der Waals surface area contributed by atoms with Crippen LogP contribution in [0.1, 0.15) is 22.0 Å². The number of halogens is 1. The van der Waals surface area contributed by atoms with E-state index in [0.29, 0.717) is 6.54 Å². The van der Waals surface area contributed by atoms with E-state index in [2.05, 4.69) is 39.1 Å². The zero-order chi connectivity index (χ0) is 17.2. The molecule has 0 radical (unpaired) electrons. The Kier molecular flexibility index (Phi) is 5.08. The predicted octanol–water partition coefficient (Wildman–Crippen LogP) is 2.84. The molecule has 2 aliphatic rings. The molecule has 1 aromatic carbocycles. The van der Waals surface area contributed by atoms with Crippen molar-refractivity contribution in [3.63, 3.8) is 0 Å². The third-order valence-electron chi connectivity index (χ3n) is 5.15. The van der Waals surface area contributed by atoms with Gasteiger partial charge >= 0.3 is 0 Å². The molecule has 0 bridgehead atoms. The molecule has 6 heteroatoms. The number of carbonyl (C=O) groups excluding carboxylic acids is 1. The second kappa shape index (κ2) is 7.46. The van der Waals surface area contributed by atoms with E-state index < -0.39 is 0 Å². The van der Waals surface area contributed by atoms with Crippen molar-refractivity contribution in [1.82, 2.24) is 15.5 Å².